The normalized spacial score (nSPS) is 11.6. The topological polar surface area (TPSA) is 0 Å². The van der Waals surface area contributed by atoms with Crippen LogP contribution in [0.1, 0.15) is 39.5 Å². The molecule has 0 bridgehead atoms. The van der Waals surface area contributed by atoms with E-state index in [4.69, 9.17) is 0 Å². The van der Waals surface area contributed by atoms with Gasteiger partial charge in [-0.3, -0.25) is 0 Å². The summed E-state index contributed by atoms with van der Waals surface area (Å²) < 4.78 is 0. The maximum absolute atomic E-state index is 3.65. The van der Waals surface area contributed by atoms with E-state index in [2.05, 4.69) is 26.5 Å². The minimum absolute atomic E-state index is 1.24. The van der Waals surface area contributed by atoms with Crippen LogP contribution in [0, 0.1) is 0 Å². The third-order valence-corrected chi connectivity index (χ3v) is 1.58. The van der Waals surface area contributed by atoms with Crippen molar-refractivity contribution in [2.45, 2.75) is 39.5 Å². The van der Waals surface area contributed by atoms with Gasteiger partial charge in [-0.1, -0.05) is 44.1 Å². The number of hydrogen-bond acceptors (Lipinski definition) is 0. The zero-order valence-electron chi connectivity index (χ0n) is 7.19. The van der Waals surface area contributed by atoms with Gasteiger partial charge in [-0.05, 0) is 19.8 Å². The lowest BCUT2D eigenvalue weighted by atomic mass is 10.1. The van der Waals surface area contributed by atoms with Crippen molar-refractivity contribution >= 4 is 0 Å². The second-order valence-electron chi connectivity index (χ2n) is 2.71. The highest BCUT2D eigenvalue weighted by Gasteiger charge is 1.87. The molecule has 0 aromatic rings. The van der Waals surface area contributed by atoms with Crippen LogP contribution in [0.2, 0.25) is 0 Å². The fourth-order valence-corrected chi connectivity index (χ4v) is 0.938. The van der Waals surface area contributed by atoms with Crippen LogP contribution in [0.3, 0.4) is 0 Å². The molecule has 0 atom stereocenters. The molecule has 0 aliphatic rings. The van der Waals surface area contributed by atoms with Crippen molar-refractivity contribution < 1.29 is 0 Å². The Morgan fingerprint density at radius 2 is 2.10 bits per heavy atom. The van der Waals surface area contributed by atoms with Gasteiger partial charge in [0, 0.05) is 0 Å². The van der Waals surface area contributed by atoms with Crippen LogP contribution in [0.4, 0.5) is 0 Å². The largest absolute Gasteiger partial charge is 0.0991 e. The molecule has 10 heavy (non-hydrogen) atoms. The first-order valence-corrected chi connectivity index (χ1v) is 4.09. The quantitative estimate of drug-likeness (QED) is 0.401. The summed E-state index contributed by atoms with van der Waals surface area (Å²) >= 11 is 0. The fraction of sp³-hybridized carbons (Fsp3) is 0.600. The number of allylic oxidation sites excluding steroid dienone is 3. The molecule has 0 spiro atoms. The maximum atomic E-state index is 3.65. The third-order valence-electron chi connectivity index (χ3n) is 1.58. The van der Waals surface area contributed by atoms with Crippen molar-refractivity contribution in [3.8, 4) is 0 Å². The molecule has 0 aliphatic carbocycles. The molecule has 0 radical (unpaired) electrons. The van der Waals surface area contributed by atoms with Crippen molar-refractivity contribution in [3.05, 3.63) is 24.3 Å². The van der Waals surface area contributed by atoms with Crippen LogP contribution in [-0.2, 0) is 0 Å². The van der Waals surface area contributed by atoms with E-state index in [-0.39, 0.29) is 0 Å². The summed E-state index contributed by atoms with van der Waals surface area (Å²) in [6, 6.07) is 0. The number of hydrogen-bond donors (Lipinski definition) is 0. The molecule has 0 rings (SSSR count). The highest BCUT2D eigenvalue weighted by atomic mass is 13.9. The molecule has 0 nitrogen and oxygen atoms in total. The van der Waals surface area contributed by atoms with Crippen molar-refractivity contribution in [3.63, 3.8) is 0 Å². The van der Waals surface area contributed by atoms with Crippen molar-refractivity contribution in [2.24, 2.45) is 0 Å². The Labute approximate surface area is 64.6 Å². The average Bonchev–Trinajstić information content (AvgIpc) is 1.89. The van der Waals surface area contributed by atoms with E-state index < -0.39 is 0 Å². The average molecular weight is 138 g/mol. The molecular formula is C10H18. The Morgan fingerprint density at radius 1 is 1.40 bits per heavy atom. The second kappa shape index (κ2) is 6.60. The summed E-state index contributed by atoms with van der Waals surface area (Å²) in [6.07, 6.45) is 9.17. The van der Waals surface area contributed by atoms with E-state index in [1.807, 2.05) is 6.08 Å². The predicted molar refractivity (Wildman–Crippen MR) is 48.1 cm³/mol. The molecule has 0 unspecified atom stereocenters. The van der Waals surface area contributed by atoms with E-state index in [0.717, 1.165) is 0 Å². The van der Waals surface area contributed by atoms with Gasteiger partial charge in [-0.15, -0.1) is 0 Å². The van der Waals surface area contributed by atoms with E-state index in [1.54, 1.807) is 0 Å². The fourth-order valence-electron chi connectivity index (χ4n) is 0.938. The van der Waals surface area contributed by atoms with Gasteiger partial charge < -0.3 is 0 Å². The lowest BCUT2D eigenvalue weighted by Crippen LogP contribution is -1.77. The Hall–Kier alpha value is -0.520. The van der Waals surface area contributed by atoms with Crippen LogP contribution in [-0.4, -0.2) is 0 Å². The molecule has 0 heterocycles. The smallest absolute Gasteiger partial charge is 0.0320 e. The summed E-state index contributed by atoms with van der Waals surface area (Å²) in [4.78, 5) is 0. The number of unbranched alkanes of at least 4 members (excludes halogenated alkanes) is 2. The molecule has 0 aliphatic heterocycles. The minimum atomic E-state index is 1.24. The number of rotatable bonds is 5. The Kier molecular flexibility index (Phi) is 6.25. The lowest BCUT2D eigenvalue weighted by molar-refractivity contribution is 0.713. The monoisotopic (exact) mass is 138 g/mol. The summed E-state index contributed by atoms with van der Waals surface area (Å²) in [5, 5.41) is 0. The van der Waals surface area contributed by atoms with E-state index in [1.165, 1.54) is 31.3 Å². The van der Waals surface area contributed by atoms with Gasteiger partial charge in [0.2, 0.25) is 0 Å². The van der Waals surface area contributed by atoms with Crippen LogP contribution in [0.25, 0.3) is 0 Å². The van der Waals surface area contributed by atoms with Gasteiger partial charge >= 0.3 is 0 Å². The first kappa shape index (κ1) is 9.48. The summed E-state index contributed by atoms with van der Waals surface area (Å²) in [5.41, 5.74) is 1.45. The van der Waals surface area contributed by atoms with Gasteiger partial charge in [0.15, 0.2) is 0 Å². The van der Waals surface area contributed by atoms with Gasteiger partial charge in [0.25, 0.3) is 0 Å². The van der Waals surface area contributed by atoms with Gasteiger partial charge in [0.1, 0.15) is 0 Å². The van der Waals surface area contributed by atoms with Crippen LogP contribution in [0.15, 0.2) is 24.3 Å². The maximum Gasteiger partial charge on any atom is -0.0320 e. The molecule has 0 fully saturated rings. The molecule has 0 N–H and O–H groups in total. The Balaban J connectivity index is 3.29. The lowest BCUT2D eigenvalue weighted by Gasteiger charge is -1.97. The van der Waals surface area contributed by atoms with Crippen molar-refractivity contribution in [1.82, 2.24) is 0 Å². The van der Waals surface area contributed by atoms with E-state index in [9.17, 15) is 0 Å². The second-order valence-corrected chi connectivity index (χ2v) is 2.71. The Morgan fingerprint density at radius 3 is 2.60 bits per heavy atom. The van der Waals surface area contributed by atoms with E-state index in [0.29, 0.717) is 0 Å². The molecule has 0 amide bonds. The standard InChI is InChI=1S/C10H18/c1-4-6-7-9-10(3)8-5-2/h5,8H,2,4,6-7,9H2,1,3H3/b10-8+. The van der Waals surface area contributed by atoms with Gasteiger partial charge in [-0.25, -0.2) is 0 Å². The van der Waals surface area contributed by atoms with Crippen molar-refractivity contribution in [1.29, 1.82) is 0 Å². The first-order valence-electron chi connectivity index (χ1n) is 4.09. The summed E-state index contributed by atoms with van der Waals surface area (Å²) in [7, 11) is 0. The zero-order valence-corrected chi connectivity index (χ0v) is 7.19. The van der Waals surface area contributed by atoms with Crippen molar-refractivity contribution in [2.75, 3.05) is 0 Å². The van der Waals surface area contributed by atoms with Crippen LogP contribution < -0.4 is 0 Å². The molecule has 0 saturated carbocycles. The molecular weight excluding hydrogens is 120 g/mol. The first-order chi connectivity index (χ1) is 4.81. The highest BCUT2D eigenvalue weighted by Crippen LogP contribution is 2.07. The molecule has 0 saturated heterocycles. The SMILES string of the molecule is C=C/C=C(\C)CCCCC. The predicted octanol–water partition coefficient (Wildman–Crippen LogP) is 3.70. The Bertz CT molecular complexity index is 109. The summed E-state index contributed by atoms with van der Waals surface area (Å²) in [6.45, 7) is 8.05. The van der Waals surface area contributed by atoms with E-state index >= 15 is 0 Å². The summed E-state index contributed by atoms with van der Waals surface area (Å²) in [5.74, 6) is 0. The van der Waals surface area contributed by atoms with Gasteiger partial charge in [-0.2, -0.15) is 0 Å². The zero-order chi connectivity index (χ0) is 7.82. The molecule has 58 valence electrons. The van der Waals surface area contributed by atoms with Crippen LogP contribution in [0.5, 0.6) is 0 Å². The highest BCUT2D eigenvalue weighted by molar-refractivity contribution is 5.07. The third kappa shape index (κ3) is 5.61. The van der Waals surface area contributed by atoms with Gasteiger partial charge in [0.05, 0.1) is 0 Å². The van der Waals surface area contributed by atoms with Crippen LogP contribution >= 0.6 is 0 Å². The minimum Gasteiger partial charge on any atom is -0.0991 e. The molecule has 0 aromatic heterocycles. The molecule has 0 aromatic carbocycles. The molecule has 0 heteroatoms.